The van der Waals surface area contributed by atoms with Gasteiger partial charge in [-0.2, -0.15) is 0 Å². The molecule has 0 bridgehead atoms. The first kappa shape index (κ1) is 24.3. The highest BCUT2D eigenvalue weighted by Crippen LogP contribution is 2.22. The number of hydrogen-bond donors (Lipinski definition) is 2. The molecule has 2 aromatic carbocycles. The van der Waals surface area contributed by atoms with Crippen LogP contribution in [0, 0.1) is 0 Å². The van der Waals surface area contributed by atoms with Crippen molar-refractivity contribution in [3.63, 3.8) is 0 Å². The summed E-state index contributed by atoms with van der Waals surface area (Å²) in [6.45, 7) is 10.5. The standard InChI is InChI=1S/C26H34N4O4/c1-19-15-28(17-21-6-8-23(9-7-21)25(31)27-33)16-20(2)30(19)18-22-4-3-5-24(14-22)26(32)29-10-12-34-13-11-29/h3-9,14,19-20,33H,10-13,15-18H2,1-2H3,(H,27,31)/t19-,20+. The Hall–Kier alpha value is -2.78. The molecule has 2 aliphatic rings. The van der Waals surface area contributed by atoms with Crippen LogP contribution in [-0.2, 0) is 17.8 Å². The molecule has 2 heterocycles. The molecule has 8 heteroatoms. The molecule has 2 aromatic rings. The fourth-order valence-corrected chi connectivity index (χ4v) is 4.95. The van der Waals surface area contributed by atoms with Crippen molar-refractivity contribution < 1.29 is 19.5 Å². The van der Waals surface area contributed by atoms with Crippen molar-refractivity contribution in [1.29, 1.82) is 0 Å². The van der Waals surface area contributed by atoms with E-state index in [1.807, 2.05) is 35.2 Å². The maximum absolute atomic E-state index is 12.9. The molecule has 0 aliphatic carbocycles. The van der Waals surface area contributed by atoms with Gasteiger partial charge in [0.2, 0.25) is 0 Å². The van der Waals surface area contributed by atoms with Crippen LogP contribution in [0.2, 0.25) is 0 Å². The number of ether oxygens (including phenoxy) is 1. The van der Waals surface area contributed by atoms with Crippen molar-refractivity contribution in [1.82, 2.24) is 20.2 Å². The summed E-state index contributed by atoms with van der Waals surface area (Å²) in [6.07, 6.45) is 0. The lowest BCUT2D eigenvalue weighted by Gasteiger charge is -2.44. The highest BCUT2D eigenvalue weighted by Gasteiger charge is 2.29. The Morgan fingerprint density at radius 2 is 1.62 bits per heavy atom. The van der Waals surface area contributed by atoms with Crippen molar-refractivity contribution in [3.05, 3.63) is 70.8 Å². The van der Waals surface area contributed by atoms with Crippen LogP contribution in [0.5, 0.6) is 0 Å². The normalized spacial score (nSPS) is 21.9. The molecule has 8 nitrogen and oxygen atoms in total. The Labute approximate surface area is 201 Å². The molecule has 0 radical (unpaired) electrons. The highest BCUT2D eigenvalue weighted by molar-refractivity contribution is 5.94. The van der Waals surface area contributed by atoms with Crippen LogP contribution in [0.3, 0.4) is 0 Å². The second-order valence-corrected chi connectivity index (χ2v) is 9.31. The average molecular weight is 467 g/mol. The second kappa shape index (κ2) is 11.1. The molecule has 0 aromatic heterocycles. The predicted molar refractivity (Wildman–Crippen MR) is 129 cm³/mol. The molecule has 4 rings (SSSR count). The fourth-order valence-electron chi connectivity index (χ4n) is 4.95. The SMILES string of the molecule is C[C@@H]1CN(Cc2ccc(C(=O)NO)cc2)C[C@H](C)N1Cc1cccc(C(=O)N2CCOCC2)c1. The topological polar surface area (TPSA) is 85.4 Å². The molecular weight excluding hydrogens is 432 g/mol. The van der Waals surface area contributed by atoms with Gasteiger partial charge in [-0.05, 0) is 49.2 Å². The van der Waals surface area contributed by atoms with Crippen LogP contribution in [0.1, 0.15) is 45.7 Å². The van der Waals surface area contributed by atoms with Gasteiger partial charge in [-0.1, -0.05) is 24.3 Å². The molecule has 0 saturated carbocycles. The van der Waals surface area contributed by atoms with Crippen LogP contribution < -0.4 is 5.48 Å². The number of rotatable bonds is 6. The summed E-state index contributed by atoms with van der Waals surface area (Å²) in [5.41, 5.74) is 5.14. The lowest BCUT2D eigenvalue weighted by atomic mass is 10.0. The Kier molecular flexibility index (Phi) is 7.95. The number of hydrogen-bond acceptors (Lipinski definition) is 6. The molecule has 0 unspecified atom stereocenters. The third-order valence-electron chi connectivity index (χ3n) is 6.74. The summed E-state index contributed by atoms with van der Waals surface area (Å²) < 4.78 is 5.37. The molecular formula is C26H34N4O4. The second-order valence-electron chi connectivity index (χ2n) is 9.31. The summed E-state index contributed by atoms with van der Waals surface area (Å²) in [5.74, 6) is -0.420. The van der Waals surface area contributed by atoms with Gasteiger partial charge < -0.3 is 9.64 Å². The zero-order valence-electron chi connectivity index (χ0n) is 19.9. The number of benzene rings is 2. The average Bonchev–Trinajstić information content (AvgIpc) is 2.86. The molecule has 2 amide bonds. The Bertz CT molecular complexity index is 979. The highest BCUT2D eigenvalue weighted by atomic mass is 16.5. The van der Waals surface area contributed by atoms with E-state index in [0.29, 0.717) is 44.0 Å². The van der Waals surface area contributed by atoms with Crippen molar-refractivity contribution >= 4 is 11.8 Å². The molecule has 2 atom stereocenters. The Morgan fingerprint density at radius 1 is 0.941 bits per heavy atom. The van der Waals surface area contributed by atoms with E-state index in [1.165, 1.54) is 0 Å². The predicted octanol–water partition coefficient (Wildman–Crippen LogP) is 2.37. The smallest absolute Gasteiger partial charge is 0.274 e. The first-order chi connectivity index (χ1) is 16.4. The number of carbonyl (C=O) groups excluding carboxylic acids is 2. The zero-order valence-corrected chi connectivity index (χ0v) is 19.9. The van der Waals surface area contributed by atoms with Gasteiger partial charge in [0.25, 0.3) is 11.8 Å². The quantitative estimate of drug-likeness (QED) is 0.502. The van der Waals surface area contributed by atoms with Gasteiger partial charge in [0.05, 0.1) is 13.2 Å². The first-order valence-corrected chi connectivity index (χ1v) is 11.9. The molecule has 182 valence electrons. The van der Waals surface area contributed by atoms with Gasteiger partial charge in [0.1, 0.15) is 0 Å². The minimum absolute atomic E-state index is 0.0820. The summed E-state index contributed by atoms with van der Waals surface area (Å²) >= 11 is 0. The monoisotopic (exact) mass is 466 g/mol. The van der Waals surface area contributed by atoms with E-state index in [4.69, 9.17) is 9.94 Å². The molecule has 34 heavy (non-hydrogen) atoms. The van der Waals surface area contributed by atoms with E-state index < -0.39 is 5.91 Å². The summed E-state index contributed by atoms with van der Waals surface area (Å²) in [5, 5.41) is 8.77. The number of piperazine rings is 1. The maximum Gasteiger partial charge on any atom is 0.274 e. The number of nitrogens with zero attached hydrogens (tertiary/aromatic N) is 3. The number of hydroxylamine groups is 1. The number of carbonyl (C=O) groups is 2. The minimum Gasteiger partial charge on any atom is -0.378 e. The lowest BCUT2D eigenvalue weighted by molar-refractivity contribution is 0.0286. The first-order valence-electron chi connectivity index (χ1n) is 11.9. The van der Waals surface area contributed by atoms with Gasteiger partial charge in [-0.15, -0.1) is 0 Å². The van der Waals surface area contributed by atoms with E-state index in [1.54, 1.807) is 17.6 Å². The Morgan fingerprint density at radius 3 is 2.26 bits per heavy atom. The van der Waals surface area contributed by atoms with Crippen LogP contribution >= 0.6 is 0 Å². The van der Waals surface area contributed by atoms with Crippen molar-refractivity contribution in [2.24, 2.45) is 0 Å². The van der Waals surface area contributed by atoms with Crippen molar-refractivity contribution in [2.45, 2.75) is 39.0 Å². The van der Waals surface area contributed by atoms with E-state index in [2.05, 4.69) is 29.7 Å². The summed E-state index contributed by atoms with van der Waals surface area (Å²) in [6, 6.07) is 16.1. The molecule has 0 spiro atoms. The maximum atomic E-state index is 12.9. The lowest BCUT2D eigenvalue weighted by Crippen LogP contribution is -2.55. The van der Waals surface area contributed by atoms with Gasteiger partial charge in [0.15, 0.2) is 0 Å². The van der Waals surface area contributed by atoms with Gasteiger partial charge in [0, 0.05) is 62.5 Å². The third kappa shape index (κ3) is 5.82. The van der Waals surface area contributed by atoms with Crippen LogP contribution in [0.4, 0.5) is 0 Å². The van der Waals surface area contributed by atoms with E-state index in [0.717, 1.165) is 42.9 Å². The van der Waals surface area contributed by atoms with E-state index >= 15 is 0 Å². The summed E-state index contributed by atoms with van der Waals surface area (Å²) in [7, 11) is 0. The summed E-state index contributed by atoms with van der Waals surface area (Å²) in [4.78, 5) is 31.2. The van der Waals surface area contributed by atoms with E-state index in [9.17, 15) is 9.59 Å². The van der Waals surface area contributed by atoms with Gasteiger partial charge in [-0.3, -0.25) is 24.6 Å². The zero-order chi connectivity index (χ0) is 24.1. The number of amides is 2. The van der Waals surface area contributed by atoms with Gasteiger partial charge >= 0.3 is 0 Å². The van der Waals surface area contributed by atoms with Crippen LogP contribution in [0.25, 0.3) is 0 Å². The molecule has 2 N–H and O–H groups in total. The third-order valence-corrected chi connectivity index (χ3v) is 6.74. The molecule has 2 fully saturated rings. The van der Waals surface area contributed by atoms with Crippen molar-refractivity contribution in [2.75, 3.05) is 39.4 Å². The molecule has 2 aliphatic heterocycles. The Balaban J connectivity index is 1.36. The number of nitrogens with one attached hydrogen (secondary N) is 1. The minimum atomic E-state index is -0.502. The van der Waals surface area contributed by atoms with Crippen molar-refractivity contribution in [3.8, 4) is 0 Å². The fraction of sp³-hybridized carbons (Fsp3) is 0.462. The van der Waals surface area contributed by atoms with E-state index in [-0.39, 0.29) is 5.91 Å². The van der Waals surface area contributed by atoms with Crippen LogP contribution in [0.15, 0.2) is 48.5 Å². The molecule has 2 saturated heterocycles. The number of morpholine rings is 1. The van der Waals surface area contributed by atoms with Crippen LogP contribution in [-0.4, -0.2) is 83.2 Å². The largest absolute Gasteiger partial charge is 0.378 e. The van der Waals surface area contributed by atoms with Gasteiger partial charge in [-0.25, -0.2) is 5.48 Å².